The third kappa shape index (κ3) is 1.61. The molecule has 0 unspecified atom stereocenters. The largest absolute Gasteiger partial charge is 0.458 e. The maximum absolute atomic E-state index is 11.5. The summed E-state index contributed by atoms with van der Waals surface area (Å²) in [4.78, 5) is 11.5. The molecular formula is C13H17NO2. The van der Waals surface area contributed by atoms with Crippen LogP contribution in [-0.4, -0.2) is 11.6 Å². The maximum Gasteiger partial charge on any atom is 0.320 e. The van der Waals surface area contributed by atoms with E-state index in [9.17, 15) is 4.79 Å². The van der Waals surface area contributed by atoms with E-state index in [4.69, 9.17) is 10.00 Å². The van der Waals surface area contributed by atoms with Crippen LogP contribution in [0.25, 0.3) is 0 Å². The van der Waals surface area contributed by atoms with Gasteiger partial charge in [-0.05, 0) is 56.3 Å². The predicted molar refractivity (Wildman–Crippen MR) is 57.2 cm³/mol. The second-order valence-corrected chi connectivity index (χ2v) is 5.91. The van der Waals surface area contributed by atoms with E-state index in [2.05, 4.69) is 0 Å². The fourth-order valence-corrected chi connectivity index (χ4v) is 4.50. The lowest BCUT2D eigenvalue weighted by Gasteiger charge is -2.55. The van der Waals surface area contributed by atoms with Gasteiger partial charge in [0.05, 0.1) is 6.07 Å². The second kappa shape index (κ2) is 3.48. The first kappa shape index (κ1) is 10.1. The summed E-state index contributed by atoms with van der Waals surface area (Å²) in [5.41, 5.74) is -0.178. The fraction of sp³-hybridized carbons (Fsp3) is 0.846. The molecule has 16 heavy (non-hydrogen) atoms. The minimum atomic E-state index is -0.315. The first-order chi connectivity index (χ1) is 7.69. The van der Waals surface area contributed by atoms with E-state index < -0.39 is 0 Å². The van der Waals surface area contributed by atoms with Crippen LogP contribution in [0.1, 0.15) is 44.9 Å². The third-order valence-corrected chi connectivity index (χ3v) is 4.54. The first-order valence-corrected chi connectivity index (χ1v) is 6.28. The van der Waals surface area contributed by atoms with Crippen LogP contribution >= 0.6 is 0 Å². The zero-order chi connectivity index (χ0) is 11.2. The Bertz CT molecular complexity index is 320. The summed E-state index contributed by atoms with van der Waals surface area (Å²) < 4.78 is 5.63. The highest BCUT2D eigenvalue weighted by Crippen LogP contribution is 2.57. The van der Waals surface area contributed by atoms with Crippen molar-refractivity contribution >= 4 is 5.97 Å². The van der Waals surface area contributed by atoms with Crippen molar-refractivity contribution in [3.8, 4) is 6.07 Å². The Morgan fingerprint density at radius 3 is 2.12 bits per heavy atom. The van der Waals surface area contributed by atoms with Crippen molar-refractivity contribution in [2.24, 2.45) is 17.8 Å². The zero-order valence-electron chi connectivity index (χ0n) is 9.45. The molecule has 4 aliphatic carbocycles. The second-order valence-electron chi connectivity index (χ2n) is 5.91. The topological polar surface area (TPSA) is 50.1 Å². The molecule has 3 nitrogen and oxygen atoms in total. The van der Waals surface area contributed by atoms with Crippen molar-refractivity contribution in [2.45, 2.75) is 50.5 Å². The standard InChI is InChI=1S/C13H17NO2/c14-2-1-12(15)16-13-6-9-3-10(7-13)5-11(4-9)8-13/h9-11H,1,3-8H2. The Balaban J connectivity index is 1.74. The molecule has 0 heterocycles. The van der Waals surface area contributed by atoms with E-state index in [1.807, 2.05) is 6.07 Å². The summed E-state index contributed by atoms with van der Waals surface area (Å²) >= 11 is 0. The number of carbonyl (C=O) groups excluding carboxylic acids is 1. The summed E-state index contributed by atoms with van der Waals surface area (Å²) in [5, 5.41) is 8.50. The molecule has 4 aliphatic rings. The number of rotatable bonds is 2. The van der Waals surface area contributed by atoms with Gasteiger partial charge in [0.2, 0.25) is 0 Å². The quantitative estimate of drug-likeness (QED) is 0.670. The van der Waals surface area contributed by atoms with Gasteiger partial charge in [0.1, 0.15) is 12.0 Å². The monoisotopic (exact) mass is 219 g/mol. The molecule has 0 atom stereocenters. The Kier molecular flexibility index (Phi) is 2.20. The van der Waals surface area contributed by atoms with Crippen LogP contribution < -0.4 is 0 Å². The molecule has 0 amide bonds. The van der Waals surface area contributed by atoms with Gasteiger partial charge in [0.15, 0.2) is 0 Å². The van der Waals surface area contributed by atoms with Gasteiger partial charge >= 0.3 is 5.97 Å². The van der Waals surface area contributed by atoms with Crippen LogP contribution in [-0.2, 0) is 9.53 Å². The van der Waals surface area contributed by atoms with Crippen LogP contribution in [0.3, 0.4) is 0 Å². The molecule has 0 aliphatic heterocycles. The molecule has 86 valence electrons. The highest BCUT2D eigenvalue weighted by Gasteiger charge is 2.53. The predicted octanol–water partition coefficient (Wildman–Crippen LogP) is 2.41. The van der Waals surface area contributed by atoms with Crippen LogP contribution in [0.4, 0.5) is 0 Å². The van der Waals surface area contributed by atoms with Crippen molar-refractivity contribution in [3.63, 3.8) is 0 Å². The number of hydrogen-bond acceptors (Lipinski definition) is 3. The van der Waals surface area contributed by atoms with E-state index in [0.717, 1.165) is 37.0 Å². The van der Waals surface area contributed by atoms with Crippen molar-refractivity contribution in [1.29, 1.82) is 5.26 Å². The number of ether oxygens (including phenoxy) is 1. The average Bonchev–Trinajstić information content (AvgIpc) is 2.13. The molecule has 0 radical (unpaired) electrons. The van der Waals surface area contributed by atoms with Gasteiger partial charge < -0.3 is 4.74 Å². The van der Waals surface area contributed by atoms with Crippen LogP contribution in [0.15, 0.2) is 0 Å². The lowest BCUT2D eigenvalue weighted by atomic mass is 9.54. The van der Waals surface area contributed by atoms with E-state index in [1.54, 1.807) is 0 Å². The minimum Gasteiger partial charge on any atom is -0.458 e. The summed E-state index contributed by atoms with van der Waals surface area (Å²) in [5.74, 6) is 2.02. The third-order valence-electron chi connectivity index (χ3n) is 4.54. The van der Waals surface area contributed by atoms with E-state index in [0.29, 0.717) is 0 Å². The number of esters is 1. The molecule has 0 spiro atoms. The van der Waals surface area contributed by atoms with E-state index in [1.165, 1.54) is 19.3 Å². The van der Waals surface area contributed by atoms with Gasteiger partial charge in [0, 0.05) is 0 Å². The molecule has 0 aromatic heterocycles. The Labute approximate surface area is 95.8 Å². The van der Waals surface area contributed by atoms with E-state index in [-0.39, 0.29) is 18.0 Å². The van der Waals surface area contributed by atoms with Crippen molar-refractivity contribution in [1.82, 2.24) is 0 Å². The number of carbonyl (C=O) groups is 1. The molecule has 0 aromatic carbocycles. The number of nitriles is 1. The lowest BCUT2D eigenvalue weighted by Crippen LogP contribution is -2.52. The molecule has 4 saturated carbocycles. The Morgan fingerprint density at radius 1 is 1.19 bits per heavy atom. The lowest BCUT2D eigenvalue weighted by molar-refractivity contribution is -0.185. The SMILES string of the molecule is N#CCC(=O)OC12CC3CC(CC(C3)C1)C2. The fourth-order valence-electron chi connectivity index (χ4n) is 4.50. The molecule has 0 aromatic rings. The van der Waals surface area contributed by atoms with Crippen molar-refractivity contribution in [3.05, 3.63) is 0 Å². The van der Waals surface area contributed by atoms with Gasteiger partial charge in [-0.25, -0.2) is 0 Å². The number of nitrogens with zero attached hydrogens (tertiary/aromatic N) is 1. The molecule has 0 saturated heterocycles. The minimum absolute atomic E-state index is 0.0955. The van der Waals surface area contributed by atoms with Crippen LogP contribution in [0.2, 0.25) is 0 Å². The highest BCUT2D eigenvalue weighted by atomic mass is 16.6. The normalized spacial score (nSPS) is 44.1. The molecule has 4 rings (SSSR count). The first-order valence-electron chi connectivity index (χ1n) is 6.28. The summed E-state index contributed by atoms with van der Waals surface area (Å²) in [6, 6.07) is 1.88. The van der Waals surface area contributed by atoms with Gasteiger partial charge in [-0.2, -0.15) is 5.26 Å². The van der Waals surface area contributed by atoms with Gasteiger partial charge in [-0.3, -0.25) is 4.79 Å². The zero-order valence-corrected chi connectivity index (χ0v) is 9.45. The van der Waals surface area contributed by atoms with Crippen LogP contribution in [0.5, 0.6) is 0 Å². The summed E-state index contributed by atoms with van der Waals surface area (Å²) in [6.45, 7) is 0. The van der Waals surface area contributed by atoms with Crippen molar-refractivity contribution < 1.29 is 9.53 Å². The highest BCUT2D eigenvalue weighted by molar-refractivity contribution is 5.72. The van der Waals surface area contributed by atoms with E-state index >= 15 is 0 Å². The Morgan fingerprint density at radius 2 is 1.69 bits per heavy atom. The molecular weight excluding hydrogens is 202 g/mol. The van der Waals surface area contributed by atoms with Gasteiger partial charge in [0.25, 0.3) is 0 Å². The number of hydrogen-bond donors (Lipinski definition) is 0. The average molecular weight is 219 g/mol. The van der Waals surface area contributed by atoms with Crippen LogP contribution in [0, 0.1) is 29.1 Å². The maximum atomic E-state index is 11.5. The smallest absolute Gasteiger partial charge is 0.320 e. The molecule has 4 bridgehead atoms. The summed E-state index contributed by atoms with van der Waals surface area (Å²) in [7, 11) is 0. The van der Waals surface area contributed by atoms with Crippen molar-refractivity contribution in [2.75, 3.05) is 0 Å². The summed E-state index contributed by atoms with van der Waals surface area (Å²) in [6.07, 6.45) is 7.09. The van der Waals surface area contributed by atoms with Gasteiger partial charge in [-0.15, -0.1) is 0 Å². The molecule has 4 fully saturated rings. The van der Waals surface area contributed by atoms with Gasteiger partial charge in [-0.1, -0.05) is 0 Å². The molecule has 3 heteroatoms. The molecule has 0 N–H and O–H groups in total. The Hall–Kier alpha value is -1.04.